The molecule has 80 valence electrons. The molecule has 0 saturated heterocycles. The van der Waals surface area contributed by atoms with Crippen molar-refractivity contribution < 1.29 is 4.79 Å². The molecule has 0 heterocycles. The van der Waals surface area contributed by atoms with Gasteiger partial charge in [0.15, 0.2) is 6.29 Å². The number of carbonyl (C=O) groups is 1. The first kappa shape index (κ1) is 12.2. The molecule has 15 heavy (non-hydrogen) atoms. The number of rotatable bonds is 3. The van der Waals surface area contributed by atoms with Gasteiger partial charge in [-0.3, -0.25) is 4.79 Å². The van der Waals surface area contributed by atoms with Crippen LogP contribution in [0.1, 0.15) is 15.9 Å². The zero-order valence-electron chi connectivity index (χ0n) is 9.25. The largest absolute Gasteiger partial charge is 0.298 e. The average molecular weight is 239 g/mol. The van der Waals surface area contributed by atoms with Crippen LogP contribution < -0.4 is 0 Å². The topological polar surface area (TPSA) is 17.1 Å². The van der Waals surface area contributed by atoms with Crippen LogP contribution in [0.4, 0.5) is 0 Å². The van der Waals surface area contributed by atoms with Crippen LogP contribution in [0.5, 0.6) is 0 Å². The predicted molar refractivity (Wildman–Crippen MR) is 69.2 cm³/mol. The third-order valence-corrected chi connectivity index (χ3v) is 3.55. The SMILES string of the molecule is C[Si](C)(C)C=Cc1cccc(C=O)c1Cl. The highest BCUT2D eigenvalue weighted by molar-refractivity contribution is 6.81. The predicted octanol–water partition coefficient (Wildman–Crippen LogP) is 4.04. The Morgan fingerprint density at radius 2 is 1.80 bits per heavy atom. The van der Waals surface area contributed by atoms with Gasteiger partial charge in [-0.2, -0.15) is 0 Å². The number of hydrogen-bond acceptors (Lipinski definition) is 1. The van der Waals surface area contributed by atoms with Gasteiger partial charge in [0, 0.05) is 5.56 Å². The molecule has 1 aromatic carbocycles. The van der Waals surface area contributed by atoms with E-state index in [1.807, 2.05) is 18.2 Å². The van der Waals surface area contributed by atoms with Gasteiger partial charge in [-0.05, 0) is 5.56 Å². The lowest BCUT2D eigenvalue weighted by Gasteiger charge is -2.08. The molecular weight excluding hydrogens is 224 g/mol. The van der Waals surface area contributed by atoms with Crippen molar-refractivity contribution in [3.05, 3.63) is 40.0 Å². The molecule has 0 saturated carbocycles. The average Bonchev–Trinajstić information content (AvgIpc) is 2.15. The van der Waals surface area contributed by atoms with Crippen LogP contribution in [0.15, 0.2) is 23.9 Å². The maximum absolute atomic E-state index is 10.7. The molecule has 0 atom stereocenters. The molecule has 0 bridgehead atoms. The molecule has 0 spiro atoms. The van der Waals surface area contributed by atoms with E-state index in [1.54, 1.807) is 6.07 Å². The summed E-state index contributed by atoms with van der Waals surface area (Å²) in [6.07, 6.45) is 2.80. The summed E-state index contributed by atoms with van der Waals surface area (Å²) in [7, 11) is -1.22. The molecule has 0 amide bonds. The summed E-state index contributed by atoms with van der Waals surface area (Å²) in [4.78, 5) is 10.7. The Balaban J connectivity index is 3.06. The minimum atomic E-state index is -1.22. The number of benzene rings is 1. The van der Waals surface area contributed by atoms with Crippen molar-refractivity contribution in [1.29, 1.82) is 0 Å². The lowest BCUT2D eigenvalue weighted by atomic mass is 10.1. The number of halogens is 1. The van der Waals surface area contributed by atoms with Crippen molar-refractivity contribution in [2.24, 2.45) is 0 Å². The van der Waals surface area contributed by atoms with Crippen molar-refractivity contribution >= 4 is 32.0 Å². The van der Waals surface area contributed by atoms with Crippen LogP contribution in [0.2, 0.25) is 24.7 Å². The van der Waals surface area contributed by atoms with Gasteiger partial charge in [0.1, 0.15) is 0 Å². The second-order valence-corrected chi connectivity index (χ2v) is 10.0. The second-order valence-electron chi connectivity index (χ2n) is 4.57. The maximum Gasteiger partial charge on any atom is 0.151 e. The highest BCUT2D eigenvalue weighted by atomic mass is 35.5. The summed E-state index contributed by atoms with van der Waals surface area (Å²) >= 11 is 6.07. The van der Waals surface area contributed by atoms with Crippen LogP contribution in [0, 0.1) is 0 Å². The normalized spacial score (nSPS) is 12.0. The molecule has 1 aromatic rings. The summed E-state index contributed by atoms with van der Waals surface area (Å²) < 4.78 is 0. The third kappa shape index (κ3) is 3.65. The number of aldehydes is 1. The first-order chi connectivity index (χ1) is 6.94. The molecule has 0 unspecified atom stereocenters. The second kappa shape index (κ2) is 4.77. The van der Waals surface area contributed by atoms with Crippen molar-refractivity contribution in [1.82, 2.24) is 0 Å². The third-order valence-electron chi connectivity index (χ3n) is 1.95. The van der Waals surface area contributed by atoms with Crippen LogP contribution in [0.25, 0.3) is 6.08 Å². The molecule has 0 aliphatic carbocycles. The van der Waals surface area contributed by atoms with Gasteiger partial charge in [0.2, 0.25) is 0 Å². The molecule has 0 N–H and O–H groups in total. The Kier molecular flexibility index (Phi) is 3.88. The van der Waals surface area contributed by atoms with Crippen LogP contribution >= 0.6 is 11.6 Å². The van der Waals surface area contributed by atoms with E-state index < -0.39 is 8.07 Å². The molecule has 1 rings (SSSR count). The van der Waals surface area contributed by atoms with E-state index in [-0.39, 0.29) is 0 Å². The van der Waals surface area contributed by atoms with Crippen molar-refractivity contribution in [2.45, 2.75) is 19.6 Å². The van der Waals surface area contributed by atoms with E-state index in [2.05, 4.69) is 25.3 Å². The Hall–Kier alpha value is -0.863. The Labute approximate surface area is 96.8 Å². The first-order valence-electron chi connectivity index (χ1n) is 4.87. The van der Waals surface area contributed by atoms with Crippen LogP contribution in [-0.2, 0) is 0 Å². The van der Waals surface area contributed by atoms with Crippen molar-refractivity contribution in [2.75, 3.05) is 0 Å². The maximum atomic E-state index is 10.7. The number of carbonyl (C=O) groups excluding carboxylic acids is 1. The molecule has 1 nitrogen and oxygen atoms in total. The fourth-order valence-electron chi connectivity index (χ4n) is 1.13. The van der Waals surface area contributed by atoms with Gasteiger partial charge >= 0.3 is 0 Å². The minimum Gasteiger partial charge on any atom is -0.298 e. The van der Waals surface area contributed by atoms with E-state index in [9.17, 15) is 4.79 Å². The van der Waals surface area contributed by atoms with E-state index >= 15 is 0 Å². The Morgan fingerprint density at radius 3 is 2.33 bits per heavy atom. The highest BCUT2D eigenvalue weighted by Gasteiger charge is 2.08. The smallest absolute Gasteiger partial charge is 0.151 e. The van der Waals surface area contributed by atoms with Gasteiger partial charge in [-0.15, -0.1) is 0 Å². The fourth-order valence-corrected chi connectivity index (χ4v) is 2.04. The van der Waals surface area contributed by atoms with Gasteiger partial charge in [0.25, 0.3) is 0 Å². The van der Waals surface area contributed by atoms with Gasteiger partial charge in [0.05, 0.1) is 13.1 Å². The molecule has 3 heteroatoms. The summed E-state index contributed by atoms with van der Waals surface area (Å²) in [5, 5.41) is 0.544. The summed E-state index contributed by atoms with van der Waals surface area (Å²) in [5.74, 6) is 0. The lowest BCUT2D eigenvalue weighted by molar-refractivity contribution is 0.112. The van der Waals surface area contributed by atoms with E-state index in [0.717, 1.165) is 11.8 Å². The highest BCUT2D eigenvalue weighted by Crippen LogP contribution is 2.21. The first-order valence-corrected chi connectivity index (χ1v) is 8.82. The van der Waals surface area contributed by atoms with E-state index in [1.165, 1.54) is 0 Å². The van der Waals surface area contributed by atoms with Crippen molar-refractivity contribution in [3.63, 3.8) is 0 Å². The van der Waals surface area contributed by atoms with Gasteiger partial charge < -0.3 is 0 Å². The molecule has 0 aromatic heterocycles. The van der Waals surface area contributed by atoms with Crippen molar-refractivity contribution in [3.8, 4) is 0 Å². The molecule has 0 fully saturated rings. The fraction of sp³-hybridized carbons (Fsp3) is 0.250. The summed E-state index contributed by atoms with van der Waals surface area (Å²) in [6, 6.07) is 5.49. The molecular formula is C12H15ClOSi. The van der Waals surface area contributed by atoms with E-state index in [4.69, 9.17) is 11.6 Å². The zero-order valence-corrected chi connectivity index (χ0v) is 11.0. The quantitative estimate of drug-likeness (QED) is 0.574. The standard InChI is InChI=1S/C12H15ClOSi/c1-15(2,3)8-7-10-5-4-6-11(9-14)12(10)13/h4-9H,1-3H3. The van der Waals surface area contributed by atoms with Gasteiger partial charge in [-0.1, -0.05) is 61.2 Å². The van der Waals surface area contributed by atoms with Gasteiger partial charge in [-0.25, -0.2) is 0 Å². The molecule has 0 aliphatic rings. The zero-order chi connectivity index (χ0) is 11.5. The summed E-state index contributed by atoms with van der Waals surface area (Å²) in [5.41, 5.74) is 3.68. The Morgan fingerprint density at radius 1 is 1.20 bits per heavy atom. The summed E-state index contributed by atoms with van der Waals surface area (Å²) in [6.45, 7) is 6.75. The minimum absolute atomic E-state index is 0.544. The van der Waals surface area contributed by atoms with Crippen LogP contribution in [-0.4, -0.2) is 14.4 Å². The monoisotopic (exact) mass is 238 g/mol. The lowest BCUT2D eigenvalue weighted by Crippen LogP contribution is -2.15. The molecule has 0 radical (unpaired) electrons. The van der Waals surface area contributed by atoms with Crippen LogP contribution in [0.3, 0.4) is 0 Å². The molecule has 0 aliphatic heterocycles. The Bertz CT molecular complexity index is 391. The van der Waals surface area contributed by atoms with E-state index in [0.29, 0.717) is 10.6 Å². The number of hydrogen-bond donors (Lipinski definition) is 0.